The summed E-state index contributed by atoms with van der Waals surface area (Å²) in [6, 6.07) is 6.22. The summed E-state index contributed by atoms with van der Waals surface area (Å²) in [4.78, 5) is 3.20. The zero-order valence-corrected chi connectivity index (χ0v) is 8.93. The Hall–Kier alpha value is -0.800. The van der Waals surface area contributed by atoms with Crippen LogP contribution in [0.25, 0.3) is 10.9 Å². The fourth-order valence-electron chi connectivity index (χ4n) is 1.49. The molecule has 0 aliphatic heterocycles. The van der Waals surface area contributed by atoms with Crippen LogP contribution in [0.3, 0.4) is 0 Å². The van der Waals surface area contributed by atoms with Crippen molar-refractivity contribution in [2.75, 3.05) is 0 Å². The van der Waals surface area contributed by atoms with Crippen molar-refractivity contribution in [3.63, 3.8) is 0 Å². The number of benzene rings is 1. The van der Waals surface area contributed by atoms with Crippen LogP contribution in [0.1, 0.15) is 18.5 Å². The number of rotatable bonds is 1. The molecule has 3 N–H and O–H groups in total. The van der Waals surface area contributed by atoms with Crippen LogP contribution in [-0.2, 0) is 0 Å². The highest BCUT2D eigenvalue weighted by Crippen LogP contribution is 2.25. The van der Waals surface area contributed by atoms with Crippen molar-refractivity contribution in [2.24, 2.45) is 5.73 Å². The summed E-state index contributed by atoms with van der Waals surface area (Å²) in [5, 5.41) is 1.20. The highest BCUT2D eigenvalue weighted by Gasteiger charge is 2.06. The van der Waals surface area contributed by atoms with Crippen LogP contribution in [-0.4, -0.2) is 4.98 Å². The second-order valence-electron chi connectivity index (χ2n) is 3.22. The number of aromatic nitrogens is 1. The quantitative estimate of drug-likeness (QED) is 0.789. The zero-order chi connectivity index (χ0) is 9.42. The van der Waals surface area contributed by atoms with Gasteiger partial charge in [-0.15, -0.1) is 0 Å². The van der Waals surface area contributed by atoms with Gasteiger partial charge >= 0.3 is 0 Å². The maximum absolute atomic E-state index is 5.84. The van der Waals surface area contributed by atoms with E-state index < -0.39 is 0 Å². The van der Waals surface area contributed by atoms with Crippen molar-refractivity contribution in [3.05, 3.63) is 34.4 Å². The average molecular weight is 239 g/mol. The Morgan fingerprint density at radius 2 is 2.23 bits per heavy atom. The maximum atomic E-state index is 5.84. The monoisotopic (exact) mass is 238 g/mol. The molecular weight excluding hydrogens is 228 g/mol. The lowest BCUT2D eigenvalue weighted by Gasteiger charge is -2.02. The Labute approximate surface area is 85.3 Å². The number of nitrogens with one attached hydrogen (secondary N) is 1. The van der Waals surface area contributed by atoms with E-state index in [4.69, 9.17) is 5.73 Å². The lowest BCUT2D eigenvalue weighted by Crippen LogP contribution is -2.03. The van der Waals surface area contributed by atoms with Gasteiger partial charge in [0.05, 0.1) is 0 Å². The number of fused-ring (bicyclic) bond motifs is 1. The topological polar surface area (TPSA) is 41.8 Å². The second-order valence-corrected chi connectivity index (χ2v) is 4.14. The predicted molar refractivity (Wildman–Crippen MR) is 58.6 cm³/mol. The smallest absolute Gasteiger partial charge is 0.0458 e. The minimum Gasteiger partial charge on any atom is -0.361 e. The first-order chi connectivity index (χ1) is 6.18. The first-order valence-corrected chi connectivity index (χ1v) is 5.00. The van der Waals surface area contributed by atoms with E-state index in [1.54, 1.807) is 0 Å². The number of aromatic amines is 1. The molecule has 0 aliphatic carbocycles. The van der Waals surface area contributed by atoms with Gasteiger partial charge in [0.15, 0.2) is 0 Å². The van der Waals surface area contributed by atoms with E-state index in [0.29, 0.717) is 0 Å². The van der Waals surface area contributed by atoms with Crippen LogP contribution >= 0.6 is 15.9 Å². The van der Waals surface area contributed by atoms with Crippen molar-refractivity contribution < 1.29 is 0 Å². The molecule has 0 unspecified atom stereocenters. The minimum absolute atomic E-state index is 0.0723. The van der Waals surface area contributed by atoms with Gasteiger partial charge in [0.25, 0.3) is 0 Å². The number of halogens is 1. The first kappa shape index (κ1) is 8.78. The molecule has 2 nitrogen and oxygen atoms in total. The van der Waals surface area contributed by atoms with Gasteiger partial charge in [-0.05, 0) is 30.7 Å². The Kier molecular flexibility index (Phi) is 2.14. The Morgan fingerprint density at radius 1 is 1.46 bits per heavy atom. The Morgan fingerprint density at radius 3 is 2.92 bits per heavy atom. The average Bonchev–Trinajstić information content (AvgIpc) is 2.46. The molecule has 0 radical (unpaired) electrons. The van der Waals surface area contributed by atoms with Crippen LogP contribution in [0, 0.1) is 0 Å². The fraction of sp³-hybridized carbons (Fsp3) is 0.200. The third-order valence-corrected chi connectivity index (χ3v) is 2.66. The summed E-state index contributed by atoms with van der Waals surface area (Å²) in [6.45, 7) is 1.99. The van der Waals surface area contributed by atoms with Gasteiger partial charge in [-0.3, -0.25) is 0 Å². The normalized spacial score (nSPS) is 13.5. The highest BCUT2D eigenvalue weighted by atomic mass is 79.9. The molecule has 0 fully saturated rings. The zero-order valence-electron chi connectivity index (χ0n) is 7.34. The summed E-state index contributed by atoms with van der Waals surface area (Å²) in [6.07, 6.45) is 1.97. The fourth-order valence-corrected chi connectivity index (χ4v) is 1.85. The van der Waals surface area contributed by atoms with Crippen molar-refractivity contribution in [2.45, 2.75) is 13.0 Å². The molecule has 1 aromatic heterocycles. The van der Waals surface area contributed by atoms with Gasteiger partial charge in [-0.2, -0.15) is 0 Å². The van der Waals surface area contributed by atoms with Crippen LogP contribution in [0.4, 0.5) is 0 Å². The number of nitrogens with two attached hydrogens (primary N) is 1. The van der Waals surface area contributed by atoms with E-state index in [1.807, 2.05) is 25.3 Å². The molecule has 3 heteroatoms. The van der Waals surface area contributed by atoms with Crippen LogP contribution in [0.15, 0.2) is 28.9 Å². The molecule has 2 aromatic rings. The van der Waals surface area contributed by atoms with Crippen molar-refractivity contribution in [3.8, 4) is 0 Å². The predicted octanol–water partition coefficient (Wildman–Crippen LogP) is 2.95. The molecule has 1 aromatic carbocycles. The van der Waals surface area contributed by atoms with Gasteiger partial charge in [-0.1, -0.05) is 15.9 Å². The van der Waals surface area contributed by atoms with Gasteiger partial charge in [0.1, 0.15) is 0 Å². The molecule has 0 amide bonds. The van der Waals surface area contributed by atoms with Crippen molar-refractivity contribution >= 4 is 26.8 Å². The molecule has 13 heavy (non-hydrogen) atoms. The third kappa shape index (κ3) is 1.49. The van der Waals surface area contributed by atoms with E-state index in [2.05, 4.69) is 27.0 Å². The molecule has 2 rings (SSSR count). The first-order valence-electron chi connectivity index (χ1n) is 4.20. The summed E-state index contributed by atoms with van der Waals surface area (Å²) in [7, 11) is 0. The van der Waals surface area contributed by atoms with Crippen LogP contribution in [0.5, 0.6) is 0 Å². The SMILES string of the molecule is C[C@H](N)c1c[nH]c2ccc(Br)cc12. The molecule has 0 saturated heterocycles. The van der Waals surface area contributed by atoms with Gasteiger partial charge < -0.3 is 10.7 Å². The summed E-state index contributed by atoms with van der Waals surface area (Å²) < 4.78 is 1.08. The summed E-state index contributed by atoms with van der Waals surface area (Å²) in [5.41, 5.74) is 8.14. The van der Waals surface area contributed by atoms with Gasteiger partial charge in [0.2, 0.25) is 0 Å². The van der Waals surface area contributed by atoms with Gasteiger partial charge in [0, 0.05) is 27.6 Å². The Balaban J connectivity index is 2.71. The molecule has 1 heterocycles. The second kappa shape index (κ2) is 3.16. The Bertz CT molecular complexity index is 431. The van der Waals surface area contributed by atoms with E-state index in [1.165, 1.54) is 5.39 Å². The van der Waals surface area contributed by atoms with E-state index >= 15 is 0 Å². The van der Waals surface area contributed by atoms with E-state index in [0.717, 1.165) is 15.6 Å². The highest BCUT2D eigenvalue weighted by molar-refractivity contribution is 9.10. The summed E-state index contributed by atoms with van der Waals surface area (Å²) in [5.74, 6) is 0. The molecule has 0 spiro atoms. The lowest BCUT2D eigenvalue weighted by atomic mass is 10.1. The van der Waals surface area contributed by atoms with Crippen molar-refractivity contribution in [1.29, 1.82) is 0 Å². The minimum atomic E-state index is 0.0723. The molecule has 0 aliphatic rings. The lowest BCUT2D eigenvalue weighted by molar-refractivity contribution is 0.826. The molecule has 68 valence electrons. The number of hydrogen-bond acceptors (Lipinski definition) is 1. The molecule has 1 atom stereocenters. The van der Waals surface area contributed by atoms with E-state index in [-0.39, 0.29) is 6.04 Å². The van der Waals surface area contributed by atoms with Crippen molar-refractivity contribution in [1.82, 2.24) is 4.98 Å². The summed E-state index contributed by atoms with van der Waals surface area (Å²) >= 11 is 3.45. The van der Waals surface area contributed by atoms with Crippen LogP contribution < -0.4 is 5.73 Å². The number of hydrogen-bond donors (Lipinski definition) is 2. The van der Waals surface area contributed by atoms with Crippen LogP contribution in [0.2, 0.25) is 0 Å². The van der Waals surface area contributed by atoms with Gasteiger partial charge in [-0.25, -0.2) is 0 Å². The number of H-pyrrole nitrogens is 1. The largest absolute Gasteiger partial charge is 0.361 e. The molecule has 0 saturated carbocycles. The maximum Gasteiger partial charge on any atom is 0.0458 e. The molecular formula is C10H11BrN2. The molecule has 0 bridgehead atoms. The standard InChI is InChI=1S/C10H11BrN2/c1-6(12)9-5-13-10-3-2-7(11)4-8(9)10/h2-6,13H,12H2,1H3/t6-/m0/s1. The third-order valence-electron chi connectivity index (χ3n) is 2.17. The van der Waals surface area contributed by atoms with E-state index in [9.17, 15) is 0 Å².